The molecule has 0 amide bonds. The maximum absolute atomic E-state index is 11.4. The SMILES string of the molecule is NS(=O)(=O)c1cccc(NC(=S)N=Nc2c(O)[nH]c3c(Br)cc(Br)cc23)c1. The van der Waals surface area contributed by atoms with Crippen molar-refractivity contribution in [3.63, 3.8) is 0 Å². The van der Waals surface area contributed by atoms with Crippen molar-refractivity contribution in [2.75, 3.05) is 5.32 Å². The number of aromatic nitrogens is 1. The number of fused-ring (bicyclic) bond motifs is 1. The van der Waals surface area contributed by atoms with E-state index in [9.17, 15) is 13.5 Å². The fourth-order valence-electron chi connectivity index (χ4n) is 2.29. The first-order valence-corrected chi connectivity index (χ1v) is 10.7. The van der Waals surface area contributed by atoms with Gasteiger partial charge in [-0.25, -0.2) is 13.6 Å². The fraction of sp³-hybridized carbons (Fsp3) is 0. The quantitative estimate of drug-likeness (QED) is 0.290. The van der Waals surface area contributed by atoms with Crippen LogP contribution >= 0.6 is 44.1 Å². The first-order chi connectivity index (χ1) is 12.6. The molecule has 0 unspecified atom stereocenters. The molecule has 0 aliphatic rings. The van der Waals surface area contributed by atoms with Crippen LogP contribution in [0.1, 0.15) is 0 Å². The van der Waals surface area contributed by atoms with Crippen LogP contribution in [0, 0.1) is 0 Å². The molecule has 2 aromatic carbocycles. The first-order valence-electron chi connectivity index (χ1n) is 7.20. The molecule has 27 heavy (non-hydrogen) atoms. The van der Waals surface area contributed by atoms with Gasteiger partial charge in [-0.05, 0) is 58.5 Å². The second kappa shape index (κ2) is 7.64. The van der Waals surface area contributed by atoms with Crippen LogP contribution in [-0.2, 0) is 10.0 Å². The van der Waals surface area contributed by atoms with Crippen molar-refractivity contribution in [2.24, 2.45) is 15.4 Å². The third-order valence-electron chi connectivity index (χ3n) is 3.43. The smallest absolute Gasteiger partial charge is 0.238 e. The molecule has 3 rings (SSSR count). The van der Waals surface area contributed by atoms with Crippen LogP contribution in [0.5, 0.6) is 5.88 Å². The van der Waals surface area contributed by atoms with E-state index < -0.39 is 10.0 Å². The minimum absolute atomic E-state index is 0.0237. The predicted octanol–water partition coefficient (Wildman–Crippen LogP) is 4.53. The second-order valence-electron chi connectivity index (χ2n) is 5.34. The Labute approximate surface area is 176 Å². The number of aromatic amines is 1. The van der Waals surface area contributed by atoms with Crippen molar-refractivity contribution in [1.82, 2.24) is 4.98 Å². The number of anilines is 1. The van der Waals surface area contributed by atoms with Crippen LogP contribution in [0.4, 0.5) is 11.4 Å². The number of hydrogen-bond acceptors (Lipinski definition) is 5. The Morgan fingerprint density at radius 1 is 1.26 bits per heavy atom. The van der Waals surface area contributed by atoms with Crippen molar-refractivity contribution in [3.05, 3.63) is 45.3 Å². The lowest BCUT2D eigenvalue weighted by Crippen LogP contribution is -2.13. The fourth-order valence-corrected chi connectivity index (χ4v) is 4.33. The number of nitrogens with zero attached hydrogens (tertiary/aromatic N) is 2. The molecule has 0 aliphatic carbocycles. The first kappa shape index (κ1) is 19.9. The average molecular weight is 533 g/mol. The van der Waals surface area contributed by atoms with Crippen LogP contribution in [0.15, 0.2) is 60.5 Å². The van der Waals surface area contributed by atoms with E-state index in [1.807, 2.05) is 6.07 Å². The lowest BCUT2D eigenvalue weighted by Gasteiger charge is -2.05. The number of sulfonamides is 1. The van der Waals surface area contributed by atoms with Gasteiger partial charge in [-0.1, -0.05) is 22.0 Å². The van der Waals surface area contributed by atoms with Gasteiger partial charge < -0.3 is 15.4 Å². The van der Waals surface area contributed by atoms with Crippen LogP contribution in [-0.4, -0.2) is 23.6 Å². The standard InChI is InChI=1S/C15H11Br2N5O3S2/c16-7-4-10-12(11(17)5-7)20-14(23)13(10)21-22-15(26)19-8-2-1-3-9(6-8)27(18,24)25/h1-6,20,23H,(H,19,26)(H2,18,24,25). The summed E-state index contributed by atoms with van der Waals surface area (Å²) in [5.41, 5.74) is 1.26. The van der Waals surface area contributed by atoms with E-state index in [2.05, 4.69) is 52.4 Å². The van der Waals surface area contributed by atoms with E-state index in [1.54, 1.807) is 12.1 Å². The minimum Gasteiger partial charge on any atom is -0.493 e. The Morgan fingerprint density at radius 3 is 2.70 bits per heavy atom. The van der Waals surface area contributed by atoms with Crippen LogP contribution < -0.4 is 10.5 Å². The van der Waals surface area contributed by atoms with E-state index in [1.165, 1.54) is 18.2 Å². The monoisotopic (exact) mass is 531 g/mol. The number of nitrogens with two attached hydrogens (primary N) is 1. The number of hydrogen-bond donors (Lipinski definition) is 4. The Kier molecular flexibility index (Phi) is 5.63. The van der Waals surface area contributed by atoms with Crippen LogP contribution in [0.3, 0.4) is 0 Å². The van der Waals surface area contributed by atoms with Gasteiger partial charge >= 0.3 is 0 Å². The second-order valence-corrected chi connectivity index (χ2v) is 9.05. The topological polar surface area (TPSA) is 133 Å². The van der Waals surface area contributed by atoms with Gasteiger partial charge in [-0.15, -0.1) is 10.2 Å². The van der Waals surface area contributed by atoms with Gasteiger partial charge in [0.05, 0.1) is 10.4 Å². The summed E-state index contributed by atoms with van der Waals surface area (Å²) in [4.78, 5) is 2.75. The number of thiocarbonyl (C=S) groups is 1. The molecule has 0 saturated carbocycles. The number of benzene rings is 2. The summed E-state index contributed by atoms with van der Waals surface area (Å²) in [6.45, 7) is 0. The number of nitrogens with one attached hydrogen (secondary N) is 2. The average Bonchev–Trinajstić information content (AvgIpc) is 2.88. The summed E-state index contributed by atoms with van der Waals surface area (Å²) in [7, 11) is -3.83. The molecule has 1 aromatic heterocycles. The van der Waals surface area contributed by atoms with E-state index in [4.69, 9.17) is 17.4 Å². The maximum atomic E-state index is 11.4. The molecule has 0 atom stereocenters. The van der Waals surface area contributed by atoms with Crippen LogP contribution in [0.25, 0.3) is 10.9 Å². The number of primary sulfonamides is 1. The lowest BCUT2D eigenvalue weighted by atomic mass is 10.2. The summed E-state index contributed by atoms with van der Waals surface area (Å²) >= 11 is 11.9. The number of rotatable bonds is 3. The molecule has 0 spiro atoms. The number of aromatic hydroxyl groups is 1. The molecular weight excluding hydrogens is 522 g/mol. The summed E-state index contributed by atoms with van der Waals surface area (Å²) in [6, 6.07) is 9.41. The van der Waals surface area contributed by atoms with Gasteiger partial charge in [-0.2, -0.15) is 0 Å². The molecule has 140 valence electrons. The van der Waals surface area contributed by atoms with Gasteiger partial charge in [-0.3, -0.25) is 0 Å². The highest BCUT2D eigenvalue weighted by molar-refractivity contribution is 9.11. The summed E-state index contributed by atoms with van der Waals surface area (Å²) in [5.74, 6) is -0.161. The maximum Gasteiger partial charge on any atom is 0.238 e. The molecular formula is C15H11Br2N5O3S2. The molecule has 1 heterocycles. The van der Waals surface area contributed by atoms with E-state index in [0.29, 0.717) is 16.6 Å². The minimum atomic E-state index is -3.83. The molecule has 12 heteroatoms. The third kappa shape index (κ3) is 4.52. The molecule has 0 radical (unpaired) electrons. The normalized spacial score (nSPS) is 12.0. The Hall–Kier alpha value is -1.86. The van der Waals surface area contributed by atoms with Crippen molar-refractivity contribution >= 4 is 81.5 Å². The molecule has 3 aromatic rings. The largest absolute Gasteiger partial charge is 0.493 e. The third-order valence-corrected chi connectivity index (χ3v) is 5.61. The van der Waals surface area contributed by atoms with Crippen molar-refractivity contribution in [1.29, 1.82) is 0 Å². The summed E-state index contributed by atoms with van der Waals surface area (Å²) < 4.78 is 24.3. The molecule has 0 fully saturated rings. The highest BCUT2D eigenvalue weighted by Gasteiger charge is 2.14. The van der Waals surface area contributed by atoms with Crippen LogP contribution in [0.2, 0.25) is 0 Å². The number of H-pyrrole nitrogens is 1. The van der Waals surface area contributed by atoms with Gasteiger partial charge in [0.25, 0.3) is 0 Å². The Balaban J connectivity index is 1.86. The molecule has 5 N–H and O–H groups in total. The zero-order valence-electron chi connectivity index (χ0n) is 13.3. The van der Waals surface area contributed by atoms with Gasteiger partial charge in [0.2, 0.25) is 21.0 Å². The zero-order valence-corrected chi connectivity index (χ0v) is 18.1. The Bertz CT molecular complexity index is 1190. The predicted molar refractivity (Wildman–Crippen MR) is 114 cm³/mol. The van der Waals surface area contributed by atoms with Crippen molar-refractivity contribution in [3.8, 4) is 5.88 Å². The lowest BCUT2D eigenvalue weighted by molar-refractivity contribution is 0.459. The Morgan fingerprint density at radius 2 is 2.00 bits per heavy atom. The molecule has 0 bridgehead atoms. The van der Waals surface area contributed by atoms with E-state index in [-0.39, 0.29) is 21.6 Å². The molecule has 0 saturated heterocycles. The molecule has 8 nitrogen and oxygen atoms in total. The number of azo groups is 1. The molecule has 0 aliphatic heterocycles. The van der Waals surface area contributed by atoms with E-state index >= 15 is 0 Å². The summed E-state index contributed by atoms with van der Waals surface area (Å²) in [5, 5.41) is 26.4. The van der Waals surface area contributed by atoms with Crippen molar-refractivity contribution in [2.45, 2.75) is 4.90 Å². The zero-order chi connectivity index (χ0) is 19.8. The van der Waals surface area contributed by atoms with Gasteiger partial charge in [0.15, 0.2) is 5.69 Å². The van der Waals surface area contributed by atoms with Crippen molar-refractivity contribution < 1.29 is 13.5 Å². The van der Waals surface area contributed by atoms with Gasteiger partial charge in [0.1, 0.15) is 0 Å². The number of halogens is 2. The highest BCUT2D eigenvalue weighted by Crippen LogP contribution is 2.40. The van der Waals surface area contributed by atoms with Gasteiger partial charge in [0, 0.05) is 20.0 Å². The highest BCUT2D eigenvalue weighted by atomic mass is 79.9. The van der Waals surface area contributed by atoms with E-state index in [0.717, 1.165) is 8.95 Å². The summed E-state index contributed by atoms with van der Waals surface area (Å²) in [6.07, 6.45) is 0.